The Morgan fingerprint density at radius 3 is 2.26 bits per heavy atom. The van der Waals surface area contributed by atoms with Crippen molar-refractivity contribution in [3.63, 3.8) is 0 Å². The monoisotopic (exact) mass is 427 g/mol. The quantitative estimate of drug-likeness (QED) is 0.567. The number of hydrogen-bond donors (Lipinski definition) is 2. The SMILES string of the molecule is CC(C)(C)OC(=O)N[C@@](C)(CCC(=O)c1cccc(OCc2ccccc2)c1)C(=O)O. The van der Waals surface area contributed by atoms with Crippen LogP contribution in [-0.2, 0) is 16.1 Å². The third kappa shape index (κ3) is 7.77. The van der Waals surface area contributed by atoms with Crippen LogP contribution in [0, 0.1) is 0 Å². The molecule has 1 atom stereocenters. The standard InChI is InChI=1S/C24H29NO6/c1-23(2,3)31-22(29)25-24(4,21(27)28)14-13-20(26)18-11-8-12-19(15-18)30-16-17-9-6-5-7-10-17/h5-12,15H,13-14,16H2,1-4H3,(H,25,29)(H,27,28)/t24-/m0/s1. The van der Waals surface area contributed by atoms with Gasteiger partial charge in [0.25, 0.3) is 0 Å². The first-order valence-electron chi connectivity index (χ1n) is 10.0. The Bertz CT molecular complexity index is 919. The van der Waals surface area contributed by atoms with Gasteiger partial charge in [0.15, 0.2) is 5.78 Å². The number of alkyl carbamates (subject to hydrolysis) is 1. The number of carbonyl (C=O) groups excluding carboxylic acids is 2. The number of Topliss-reactive ketones (excluding diaryl/α,β-unsaturated/α-hetero) is 1. The number of ketones is 1. The van der Waals surface area contributed by atoms with Gasteiger partial charge in [-0.3, -0.25) is 4.79 Å². The molecular weight excluding hydrogens is 398 g/mol. The number of aliphatic carboxylic acids is 1. The molecule has 2 aromatic carbocycles. The predicted molar refractivity (Wildman–Crippen MR) is 116 cm³/mol. The van der Waals surface area contributed by atoms with E-state index in [9.17, 15) is 19.5 Å². The average Bonchev–Trinajstić information content (AvgIpc) is 2.70. The number of amides is 1. The molecule has 0 radical (unpaired) electrons. The topological polar surface area (TPSA) is 102 Å². The maximum Gasteiger partial charge on any atom is 0.408 e. The lowest BCUT2D eigenvalue weighted by atomic mass is 9.93. The second kappa shape index (κ2) is 10.1. The molecule has 0 unspecified atom stereocenters. The molecule has 2 aromatic rings. The van der Waals surface area contributed by atoms with Gasteiger partial charge >= 0.3 is 12.1 Å². The Morgan fingerprint density at radius 2 is 1.65 bits per heavy atom. The number of nitrogens with one attached hydrogen (secondary N) is 1. The van der Waals surface area contributed by atoms with Crippen LogP contribution in [0.5, 0.6) is 5.75 Å². The van der Waals surface area contributed by atoms with E-state index in [1.165, 1.54) is 6.92 Å². The minimum Gasteiger partial charge on any atom is -0.489 e. The molecule has 31 heavy (non-hydrogen) atoms. The van der Waals surface area contributed by atoms with Crippen LogP contribution >= 0.6 is 0 Å². The molecule has 0 aliphatic carbocycles. The third-order valence-electron chi connectivity index (χ3n) is 4.51. The summed E-state index contributed by atoms with van der Waals surface area (Å²) in [7, 11) is 0. The van der Waals surface area contributed by atoms with Crippen LogP contribution in [0.3, 0.4) is 0 Å². The van der Waals surface area contributed by atoms with Gasteiger partial charge in [-0.15, -0.1) is 0 Å². The van der Waals surface area contributed by atoms with Crippen LogP contribution < -0.4 is 10.1 Å². The Balaban J connectivity index is 1.99. The van der Waals surface area contributed by atoms with Gasteiger partial charge in [-0.25, -0.2) is 9.59 Å². The number of carboxylic acid groups (broad SMARTS) is 1. The first-order chi connectivity index (χ1) is 14.5. The number of benzene rings is 2. The molecule has 7 nitrogen and oxygen atoms in total. The minimum atomic E-state index is -1.64. The molecule has 0 bridgehead atoms. The van der Waals surface area contributed by atoms with Crippen molar-refractivity contribution in [1.29, 1.82) is 0 Å². The van der Waals surface area contributed by atoms with E-state index >= 15 is 0 Å². The van der Waals surface area contributed by atoms with Gasteiger partial charge in [-0.2, -0.15) is 0 Å². The number of carboxylic acids is 1. The lowest BCUT2D eigenvalue weighted by Gasteiger charge is -2.28. The summed E-state index contributed by atoms with van der Waals surface area (Å²) in [5.41, 5.74) is -0.987. The molecule has 0 saturated heterocycles. The Kier molecular flexibility index (Phi) is 7.80. The van der Waals surface area contributed by atoms with Crippen molar-refractivity contribution in [2.75, 3.05) is 0 Å². The van der Waals surface area contributed by atoms with Crippen LogP contribution in [0.15, 0.2) is 54.6 Å². The molecule has 2 N–H and O–H groups in total. The molecule has 0 saturated carbocycles. The first kappa shape index (κ1) is 23.9. The van der Waals surface area contributed by atoms with Crippen molar-refractivity contribution in [2.24, 2.45) is 0 Å². The minimum absolute atomic E-state index is 0.0687. The summed E-state index contributed by atoms with van der Waals surface area (Å²) in [6.07, 6.45) is -1.00. The molecule has 0 spiro atoms. The molecule has 0 aliphatic heterocycles. The van der Waals surface area contributed by atoms with E-state index < -0.39 is 23.2 Å². The number of ether oxygens (including phenoxy) is 2. The summed E-state index contributed by atoms with van der Waals surface area (Å²) in [5.74, 6) is -0.947. The third-order valence-corrected chi connectivity index (χ3v) is 4.51. The fourth-order valence-corrected chi connectivity index (χ4v) is 2.76. The zero-order valence-corrected chi connectivity index (χ0v) is 18.3. The smallest absolute Gasteiger partial charge is 0.408 e. The van der Waals surface area contributed by atoms with Crippen molar-refractivity contribution >= 4 is 17.8 Å². The lowest BCUT2D eigenvalue weighted by Crippen LogP contribution is -2.53. The molecule has 0 heterocycles. The highest BCUT2D eigenvalue weighted by Gasteiger charge is 2.36. The van der Waals surface area contributed by atoms with Gasteiger partial charge < -0.3 is 19.9 Å². The van der Waals surface area contributed by atoms with Crippen molar-refractivity contribution in [3.8, 4) is 5.75 Å². The highest BCUT2D eigenvalue weighted by Crippen LogP contribution is 2.20. The molecular formula is C24H29NO6. The second-order valence-electron chi connectivity index (χ2n) is 8.49. The average molecular weight is 427 g/mol. The van der Waals surface area contributed by atoms with E-state index in [0.717, 1.165) is 5.56 Å². The maximum atomic E-state index is 12.7. The molecule has 0 aromatic heterocycles. The van der Waals surface area contributed by atoms with Crippen LogP contribution in [0.4, 0.5) is 4.79 Å². The molecule has 2 rings (SSSR count). The fourth-order valence-electron chi connectivity index (χ4n) is 2.76. The fraction of sp³-hybridized carbons (Fsp3) is 0.375. The van der Waals surface area contributed by atoms with Gasteiger partial charge in [0, 0.05) is 12.0 Å². The first-order valence-corrected chi connectivity index (χ1v) is 10.0. The van der Waals surface area contributed by atoms with Gasteiger partial charge in [0.2, 0.25) is 0 Å². The van der Waals surface area contributed by atoms with Gasteiger partial charge in [0.05, 0.1) is 0 Å². The number of hydrogen-bond acceptors (Lipinski definition) is 5. The van der Waals surface area contributed by atoms with Crippen molar-refractivity contribution in [1.82, 2.24) is 5.32 Å². The van der Waals surface area contributed by atoms with E-state index in [-0.39, 0.29) is 18.6 Å². The molecule has 166 valence electrons. The highest BCUT2D eigenvalue weighted by atomic mass is 16.6. The summed E-state index contributed by atoms with van der Waals surface area (Å²) in [4.78, 5) is 36.4. The predicted octanol–water partition coefficient (Wildman–Crippen LogP) is 4.60. The van der Waals surface area contributed by atoms with Crippen molar-refractivity contribution in [3.05, 3.63) is 65.7 Å². The second-order valence-corrected chi connectivity index (χ2v) is 8.49. The van der Waals surface area contributed by atoms with E-state index in [2.05, 4.69) is 5.32 Å². The van der Waals surface area contributed by atoms with Gasteiger partial charge in [0.1, 0.15) is 23.5 Å². The van der Waals surface area contributed by atoms with E-state index in [0.29, 0.717) is 17.9 Å². The van der Waals surface area contributed by atoms with Crippen LogP contribution in [0.2, 0.25) is 0 Å². The Morgan fingerprint density at radius 1 is 0.968 bits per heavy atom. The maximum absolute atomic E-state index is 12.7. The largest absolute Gasteiger partial charge is 0.489 e. The van der Waals surface area contributed by atoms with Crippen molar-refractivity contribution < 1.29 is 29.0 Å². The summed E-state index contributed by atoms with van der Waals surface area (Å²) in [6, 6.07) is 16.4. The lowest BCUT2D eigenvalue weighted by molar-refractivity contribution is -0.144. The summed E-state index contributed by atoms with van der Waals surface area (Å²) < 4.78 is 10.9. The van der Waals surface area contributed by atoms with Crippen LogP contribution in [-0.4, -0.2) is 34.1 Å². The van der Waals surface area contributed by atoms with Gasteiger partial charge in [-0.1, -0.05) is 42.5 Å². The molecule has 7 heteroatoms. The number of carbonyl (C=O) groups is 3. The Hall–Kier alpha value is -3.35. The normalized spacial score (nSPS) is 13.0. The van der Waals surface area contributed by atoms with E-state index in [1.54, 1.807) is 45.0 Å². The van der Waals surface area contributed by atoms with E-state index in [4.69, 9.17) is 9.47 Å². The van der Waals surface area contributed by atoms with E-state index in [1.807, 2.05) is 30.3 Å². The summed E-state index contributed by atoms with van der Waals surface area (Å²) >= 11 is 0. The Labute approximate surface area is 182 Å². The molecule has 0 fully saturated rings. The highest BCUT2D eigenvalue weighted by molar-refractivity contribution is 5.97. The van der Waals surface area contributed by atoms with Gasteiger partial charge in [-0.05, 0) is 51.8 Å². The summed E-state index contributed by atoms with van der Waals surface area (Å²) in [6.45, 7) is 6.77. The molecule has 1 amide bonds. The zero-order valence-electron chi connectivity index (χ0n) is 18.3. The number of rotatable bonds is 9. The van der Waals surface area contributed by atoms with Crippen LogP contribution in [0.25, 0.3) is 0 Å². The zero-order chi connectivity index (χ0) is 23.1. The molecule has 0 aliphatic rings. The summed E-state index contributed by atoms with van der Waals surface area (Å²) in [5, 5.41) is 12.0. The van der Waals surface area contributed by atoms with Crippen LogP contribution in [0.1, 0.15) is 56.5 Å². The van der Waals surface area contributed by atoms with Crippen molar-refractivity contribution in [2.45, 2.75) is 58.3 Å².